The van der Waals surface area contributed by atoms with Crippen molar-refractivity contribution in [3.05, 3.63) is 47.5 Å². The second-order valence-electron chi connectivity index (χ2n) is 5.95. The molecule has 4 heteroatoms. The topological polar surface area (TPSA) is 36.9 Å². The van der Waals surface area contributed by atoms with Crippen LogP contribution in [0.2, 0.25) is 0 Å². The van der Waals surface area contributed by atoms with Crippen LogP contribution in [0.4, 0.5) is 0 Å². The van der Waals surface area contributed by atoms with Crippen LogP contribution in [0.5, 0.6) is 23.0 Å². The molecule has 0 heterocycles. The predicted octanol–water partition coefficient (Wildman–Crippen LogP) is 4.51. The summed E-state index contributed by atoms with van der Waals surface area (Å²) >= 11 is 0. The Bertz CT molecular complexity index is 624. The Labute approximate surface area is 144 Å². The van der Waals surface area contributed by atoms with E-state index in [1.165, 1.54) is 11.1 Å². The molecule has 2 rings (SSSR count). The third-order valence-corrected chi connectivity index (χ3v) is 4.20. The quantitative estimate of drug-likeness (QED) is 0.748. The lowest BCUT2D eigenvalue weighted by atomic mass is 9.82. The lowest BCUT2D eigenvalue weighted by Crippen LogP contribution is -2.09. The van der Waals surface area contributed by atoms with Gasteiger partial charge < -0.3 is 18.9 Å². The average Bonchev–Trinajstić information content (AvgIpc) is 2.61. The van der Waals surface area contributed by atoms with Gasteiger partial charge in [0.05, 0.1) is 28.4 Å². The molecule has 0 spiro atoms. The maximum atomic E-state index is 5.45. The summed E-state index contributed by atoms with van der Waals surface area (Å²) in [7, 11) is 6.60. The summed E-state index contributed by atoms with van der Waals surface area (Å²) in [4.78, 5) is 0. The van der Waals surface area contributed by atoms with E-state index in [4.69, 9.17) is 18.9 Å². The molecule has 0 fully saturated rings. The zero-order valence-corrected chi connectivity index (χ0v) is 15.3. The van der Waals surface area contributed by atoms with Gasteiger partial charge in [-0.2, -0.15) is 0 Å². The molecular weight excluding hydrogens is 304 g/mol. The summed E-state index contributed by atoms with van der Waals surface area (Å²) in [6.45, 7) is 4.41. The Hall–Kier alpha value is -2.36. The fraction of sp³-hybridized carbons (Fsp3) is 0.400. The maximum Gasteiger partial charge on any atom is 0.161 e. The normalized spacial score (nSPS) is 10.8. The molecule has 0 radical (unpaired) electrons. The highest BCUT2D eigenvalue weighted by Crippen LogP contribution is 2.39. The highest BCUT2D eigenvalue weighted by molar-refractivity contribution is 5.49. The van der Waals surface area contributed by atoms with Gasteiger partial charge in [-0.15, -0.1) is 0 Å². The second-order valence-corrected chi connectivity index (χ2v) is 5.95. The maximum absolute atomic E-state index is 5.45. The molecule has 0 amide bonds. The van der Waals surface area contributed by atoms with Gasteiger partial charge in [0.2, 0.25) is 0 Å². The SMILES string of the molecule is COc1ccc(C(c2ccc(OC)c(OC)c2)C(C)C)cc1OC. The lowest BCUT2D eigenvalue weighted by Gasteiger charge is -2.24. The molecule has 0 saturated heterocycles. The van der Waals surface area contributed by atoms with Gasteiger partial charge in [-0.25, -0.2) is 0 Å². The van der Waals surface area contributed by atoms with Gasteiger partial charge in [0.15, 0.2) is 23.0 Å². The van der Waals surface area contributed by atoms with E-state index in [0.717, 1.165) is 23.0 Å². The van der Waals surface area contributed by atoms with Crippen molar-refractivity contribution in [2.75, 3.05) is 28.4 Å². The van der Waals surface area contributed by atoms with E-state index in [1.54, 1.807) is 28.4 Å². The van der Waals surface area contributed by atoms with Gasteiger partial charge in [0, 0.05) is 5.92 Å². The summed E-state index contributed by atoms with van der Waals surface area (Å²) in [5.74, 6) is 3.56. The number of methoxy groups -OCH3 is 4. The van der Waals surface area contributed by atoms with Crippen LogP contribution in [0.1, 0.15) is 30.9 Å². The molecule has 0 aliphatic carbocycles. The van der Waals surface area contributed by atoms with E-state index in [0.29, 0.717) is 5.92 Å². The molecule has 4 nitrogen and oxygen atoms in total. The molecule has 2 aromatic carbocycles. The fourth-order valence-electron chi connectivity index (χ4n) is 3.05. The minimum atomic E-state index is 0.213. The second kappa shape index (κ2) is 7.95. The first-order valence-electron chi connectivity index (χ1n) is 7.99. The third kappa shape index (κ3) is 3.58. The van der Waals surface area contributed by atoms with Crippen molar-refractivity contribution < 1.29 is 18.9 Å². The van der Waals surface area contributed by atoms with Crippen molar-refractivity contribution in [1.29, 1.82) is 0 Å². The number of benzene rings is 2. The van der Waals surface area contributed by atoms with Crippen LogP contribution < -0.4 is 18.9 Å². The van der Waals surface area contributed by atoms with Crippen LogP contribution in [0, 0.1) is 5.92 Å². The third-order valence-electron chi connectivity index (χ3n) is 4.20. The molecule has 2 aromatic rings. The molecule has 0 bridgehead atoms. The minimum absolute atomic E-state index is 0.213. The summed E-state index contributed by atoms with van der Waals surface area (Å²) in [5, 5.41) is 0. The lowest BCUT2D eigenvalue weighted by molar-refractivity contribution is 0.353. The first-order chi connectivity index (χ1) is 11.5. The van der Waals surface area contributed by atoms with Crippen LogP contribution in [-0.4, -0.2) is 28.4 Å². The summed E-state index contributed by atoms with van der Waals surface area (Å²) < 4.78 is 21.6. The largest absolute Gasteiger partial charge is 0.493 e. The average molecular weight is 330 g/mol. The molecule has 24 heavy (non-hydrogen) atoms. The first-order valence-corrected chi connectivity index (χ1v) is 7.99. The Morgan fingerprint density at radius 2 is 0.958 bits per heavy atom. The minimum Gasteiger partial charge on any atom is -0.493 e. The Kier molecular flexibility index (Phi) is 5.96. The monoisotopic (exact) mass is 330 g/mol. The molecular formula is C20H26O4. The van der Waals surface area contributed by atoms with E-state index in [9.17, 15) is 0 Å². The first kappa shape index (κ1) is 18.0. The Morgan fingerprint density at radius 3 is 1.25 bits per heavy atom. The van der Waals surface area contributed by atoms with Crippen molar-refractivity contribution in [2.24, 2.45) is 5.92 Å². The van der Waals surface area contributed by atoms with Gasteiger partial charge in [-0.3, -0.25) is 0 Å². The van der Waals surface area contributed by atoms with Crippen LogP contribution in [-0.2, 0) is 0 Å². The number of ether oxygens (including phenoxy) is 4. The van der Waals surface area contributed by atoms with Crippen LogP contribution in [0.3, 0.4) is 0 Å². The van der Waals surface area contributed by atoms with Crippen molar-refractivity contribution in [1.82, 2.24) is 0 Å². The van der Waals surface area contributed by atoms with Crippen molar-refractivity contribution in [2.45, 2.75) is 19.8 Å². The standard InChI is InChI=1S/C20H26O4/c1-13(2)20(14-7-9-16(21-3)18(11-14)23-5)15-8-10-17(22-4)19(12-15)24-6/h7-13,20H,1-6H3. The number of hydrogen-bond donors (Lipinski definition) is 0. The fourth-order valence-corrected chi connectivity index (χ4v) is 3.05. The molecule has 0 N–H and O–H groups in total. The number of hydrogen-bond acceptors (Lipinski definition) is 4. The summed E-state index contributed by atoms with van der Waals surface area (Å²) in [6, 6.07) is 12.2. The zero-order valence-electron chi connectivity index (χ0n) is 15.3. The van der Waals surface area contributed by atoms with Crippen molar-refractivity contribution in [3.8, 4) is 23.0 Å². The summed E-state index contributed by atoms with van der Waals surface area (Å²) in [6.07, 6.45) is 0. The molecule has 130 valence electrons. The van der Waals surface area contributed by atoms with Gasteiger partial charge in [-0.1, -0.05) is 26.0 Å². The molecule has 0 aliphatic rings. The van der Waals surface area contributed by atoms with E-state index < -0.39 is 0 Å². The highest BCUT2D eigenvalue weighted by atomic mass is 16.5. The molecule has 0 unspecified atom stereocenters. The highest BCUT2D eigenvalue weighted by Gasteiger charge is 2.21. The van der Waals surface area contributed by atoms with Gasteiger partial charge in [-0.05, 0) is 41.3 Å². The molecule has 0 saturated carbocycles. The molecule has 0 atom stereocenters. The Morgan fingerprint density at radius 1 is 0.583 bits per heavy atom. The van der Waals surface area contributed by atoms with E-state index >= 15 is 0 Å². The summed E-state index contributed by atoms with van der Waals surface area (Å²) in [5.41, 5.74) is 2.35. The predicted molar refractivity (Wildman–Crippen MR) is 95.8 cm³/mol. The Balaban J connectivity index is 2.50. The van der Waals surface area contributed by atoms with E-state index in [1.807, 2.05) is 24.3 Å². The molecule has 0 aromatic heterocycles. The molecule has 0 aliphatic heterocycles. The zero-order chi connectivity index (χ0) is 17.7. The van der Waals surface area contributed by atoms with E-state index in [2.05, 4.69) is 26.0 Å². The smallest absolute Gasteiger partial charge is 0.161 e. The van der Waals surface area contributed by atoms with Gasteiger partial charge >= 0.3 is 0 Å². The van der Waals surface area contributed by atoms with Crippen molar-refractivity contribution >= 4 is 0 Å². The van der Waals surface area contributed by atoms with Crippen LogP contribution >= 0.6 is 0 Å². The van der Waals surface area contributed by atoms with E-state index in [-0.39, 0.29) is 5.92 Å². The van der Waals surface area contributed by atoms with Gasteiger partial charge in [0.1, 0.15) is 0 Å². The van der Waals surface area contributed by atoms with Crippen molar-refractivity contribution in [3.63, 3.8) is 0 Å². The number of rotatable bonds is 7. The van der Waals surface area contributed by atoms with Crippen LogP contribution in [0.15, 0.2) is 36.4 Å². The van der Waals surface area contributed by atoms with Gasteiger partial charge in [0.25, 0.3) is 0 Å². The van der Waals surface area contributed by atoms with Crippen LogP contribution in [0.25, 0.3) is 0 Å².